The lowest BCUT2D eigenvalue weighted by Gasteiger charge is -2.32. The Morgan fingerprint density at radius 2 is 1.43 bits per heavy atom. The summed E-state index contributed by atoms with van der Waals surface area (Å²) in [6, 6.07) is 8.28. The van der Waals surface area contributed by atoms with Crippen molar-refractivity contribution >= 4 is 92.7 Å². The molecule has 2 aromatic carbocycles. The van der Waals surface area contributed by atoms with E-state index < -0.39 is 49.3 Å². The summed E-state index contributed by atoms with van der Waals surface area (Å²) in [5, 5.41) is 0. The minimum Gasteiger partial charge on any atom is -0.467 e. The summed E-state index contributed by atoms with van der Waals surface area (Å²) in [4.78, 5) is 13.5. The molecule has 6 nitrogen and oxygen atoms in total. The molecule has 0 aromatic heterocycles. The van der Waals surface area contributed by atoms with Crippen molar-refractivity contribution in [2.24, 2.45) is 5.73 Å². The highest BCUT2D eigenvalue weighted by Crippen LogP contribution is 2.37. The minimum atomic E-state index is -4.59. The Bertz CT molecular complexity index is 1340. The number of benzene rings is 2. The Morgan fingerprint density at radius 1 is 0.943 bits per heavy atom. The van der Waals surface area contributed by atoms with Gasteiger partial charge < -0.3 is 14.7 Å². The third-order valence-corrected chi connectivity index (χ3v) is 8.72. The normalized spacial score (nSPS) is 19.0. The number of carbonyl (C=O) groups excluding carboxylic acids is 1. The van der Waals surface area contributed by atoms with E-state index in [0.29, 0.717) is 5.56 Å². The molecule has 17 heteroatoms. The van der Waals surface area contributed by atoms with E-state index in [1.165, 1.54) is 54.9 Å². The van der Waals surface area contributed by atoms with E-state index in [2.05, 4.69) is 0 Å². The molecule has 1 heterocycles. The lowest BCUT2D eigenvalue weighted by molar-refractivity contribution is -0.135. The van der Waals surface area contributed by atoms with Crippen molar-refractivity contribution in [2.45, 2.75) is 16.2 Å². The van der Waals surface area contributed by atoms with Gasteiger partial charge in [-0.25, -0.2) is 0 Å². The van der Waals surface area contributed by atoms with E-state index in [9.17, 15) is 26.4 Å². The van der Waals surface area contributed by atoms with Crippen LogP contribution in [0.15, 0.2) is 42.0 Å². The summed E-state index contributed by atoms with van der Waals surface area (Å²) in [5.41, 5.74) is 4.14. The van der Waals surface area contributed by atoms with Gasteiger partial charge >= 0.3 is 16.3 Å². The summed E-state index contributed by atoms with van der Waals surface area (Å²) in [6.45, 7) is 0. The van der Waals surface area contributed by atoms with Crippen molar-refractivity contribution in [1.29, 1.82) is 0 Å². The maximum atomic E-state index is 13.7. The summed E-state index contributed by atoms with van der Waals surface area (Å²) < 4.78 is 76.9. The van der Waals surface area contributed by atoms with Crippen LogP contribution in [0.4, 0.5) is 13.2 Å². The molecule has 2 N–H and O–H groups in total. The van der Waals surface area contributed by atoms with Crippen molar-refractivity contribution in [1.82, 2.24) is 0 Å². The van der Waals surface area contributed by atoms with Crippen LogP contribution in [0.5, 0.6) is 0 Å². The van der Waals surface area contributed by atoms with Gasteiger partial charge in [-0.05, 0) is 11.1 Å². The van der Waals surface area contributed by atoms with Gasteiger partial charge in [-0.1, -0.05) is 52.2 Å². The van der Waals surface area contributed by atoms with Gasteiger partial charge in [0.15, 0.2) is 13.3 Å². The third kappa shape index (κ3) is 4.21. The van der Waals surface area contributed by atoms with Crippen LogP contribution >= 0.6 is 0 Å². The first-order chi connectivity index (χ1) is 15.9. The number of carbonyl (C=O) groups is 1. The predicted molar refractivity (Wildman–Crippen MR) is 147 cm³/mol. The van der Waals surface area contributed by atoms with E-state index in [4.69, 9.17) is 14.7 Å². The first-order valence-electron chi connectivity index (χ1n) is 10.8. The quantitative estimate of drug-likeness (QED) is 0.327. The topological polar surface area (TPSA) is 95.7 Å². The van der Waals surface area contributed by atoms with Crippen LogP contribution in [0, 0.1) is 0 Å². The summed E-state index contributed by atoms with van der Waals surface area (Å²) in [7, 11) is 5.29. The predicted octanol–water partition coefficient (Wildman–Crippen LogP) is -7.32. The largest absolute Gasteiger partial charge is 0.467 e. The fraction of sp³-hybridized carbons (Fsp3) is 0.167. The average molecular weight is 496 g/mol. The van der Waals surface area contributed by atoms with Crippen molar-refractivity contribution in [3.63, 3.8) is 0 Å². The second-order valence-corrected chi connectivity index (χ2v) is 11.4. The Labute approximate surface area is 208 Å². The lowest BCUT2D eigenvalue weighted by Crippen LogP contribution is -2.56. The van der Waals surface area contributed by atoms with Gasteiger partial charge in [0.2, 0.25) is 17.4 Å². The molecule has 176 valence electrons. The van der Waals surface area contributed by atoms with E-state index in [1.54, 1.807) is 30.3 Å². The molecule has 0 fully saturated rings. The number of hydrogen-bond donors (Lipinski definition) is 1. The van der Waals surface area contributed by atoms with Gasteiger partial charge in [0.25, 0.3) is 0 Å². The van der Waals surface area contributed by atoms with Crippen molar-refractivity contribution in [2.75, 3.05) is 0 Å². The highest BCUT2D eigenvalue weighted by atomic mass is 32.2. The summed E-state index contributed by atoms with van der Waals surface area (Å²) >= 11 is 0. The number of rotatable bonds is 5. The molecule has 0 radical (unpaired) electrons. The number of ketones is 1. The number of alkyl halides is 3. The zero-order chi connectivity index (χ0) is 26.7. The second kappa shape index (κ2) is 8.53. The fourth-order valence-electron chi connectivity index (χ4n) is 4.54. The molecular formula is C18H21B7F3NO5S. The maximum absolute atomic E-state index is 13.7. The number of hydrogen-bond acceptors (Lipinski definition) is 6. The molecule has 0 unspecified atom stereocenters. The number of halogens is 3. The number of Topliss-reactive ketones (excluding diaryl/α,β-unsaturated/α-hetero) is 1. The smallest absolute Gasteiger partial charge is 0.415 e. The minimum absolute atomic E-state index is 0.0565. The molecule has 3 rings (SSSR count). The van der Waals surface area contributed by atoms with Crippen molar-refractivity contribution in [3.05, 3.63) is 58.7 Å². The van der Waals surface area contributed by atoms with Gasteiger partial charge in [0.05, 0.1) is 4.55 Å². The van der Waals surface area contributed by atoms with Gasteiger partial charge in [-0.2, -0.15) is 21.6 Å². The number of nitrogens with two attached hydrogens (primary N) is 1. The Hall–Kier alpha value is -2.56. The molecule has 0 aliphatic carbocycles. The maximum Gasteiger partial charge on any atom is 0.415 e. The van der Waals surface area contributed by atoms with E-state index in [-0.39, 0.29) is 27.4 Å². The van der Waals surface area contributed by atoms with Crippen LogP contribution in [0.1, 0.15) is 16.7 Å². The molecule has 0 bridgehead atoms. The van der Waals surface area contributed by atoms with Crippen LogP contribution in [-0.4, -0.2) is 69.1 Å². The molecule has 0 saturated heterocycles. The third-order valence-electron chi connectivity index (χ3n) is 6.85. The highest BCUT2D eigenvalue weighted by molar-refractivity contribution is 7.90. The molecule has 35 heavy (non-hydrogen) atoms. The standard InChI is InChI=1S/C18H21B7F3NO5S/c19-9-7(10(20)12(22)8(11(9)21)18(26,27)28)16(23)14(30)13(15(29)33-16)34-35(31,32)17(24,25)6-4-2-1-3-5-6/h1-5H,19-25,29H2/t16-/m1/s1. The van der Waals surface area contributed by atoms with Gasteiger partial charge in [0, 0.05) is 5.56 Å². The van der Waals surface area contributed by atoms with Crippen molar-refractivity contribution in [3.8, 4) is 0 Å². The van der Waals surface area contributed by atoms with Crippen LogP contribution in [0.2, 0.25) is 0 Å². The van der Waals surface area contributed by atoms with Gasteiger partial charge in [-0.15, -0.1) is 0 Å². The SMILES string of the molecule is Bc1c(B)c([C@@]2(B)OC(N)=C(OS(=O)(=O)C(B)(B)c3ccccc3)C2=O)c(B)c(B)c1C(F)(F)F. The van der Waals surface area contributed by atoms with Crippen LogP contribution in [0.25, 0.3) is 0 Å². The van der Waals surface area contributed by atoms with Gasteiger partial charge in [0.1, 0.15) is 47.1 Å². The number of ether oxygens (including phenoxy) is 1. The fourth-order valence-corrected chi connectivity index (χ4v) is 5.55. The molecule has 0 amide bonds. The molecule has 0 spiro atoms. The molecule has 1 aliphatic rings. The lowest BCUT2D eigenvalue weighted by atomic mass is 9.57. The monoisotopic (exact) mass is 497 g/mol. The first kappa shape index (κ1) is 27.0. The molecule has 1 atom stereocenters. The molecular weight excluding hydrogens is 475 g/mol. The zero-order valence-corrected chi connectivity index (χ0v) is 21.4. The highest BCUT2D eigenvalue weighted by Gasteiger charge is 2.52. The molecule has 1 aliphatic heterocycles. The van der Waals surface area contributed by atoms with Crippen LogP contribution < -0.4 is 27.6 Å². The Balaban J connectivity index is 2.08. The van der Waals surface area contributed by atoms with E-state index in [0.717, 1.165) is 0 Å². The van der Waals surface area contributed by atoms with Gasteiger partial charge in [-0.3, -0.25) is 4.79 Å². The van der Waals surface area contributed by atoms with Crippen molar-refractivity contribution < 1.29 is 35.3 Å². The summed E-state index contributed by atoms with van der Waals surface area (Å²) in [6.07, 6.45) is -4.59. The zero-order valence-electron chi connectivity index (χ0n) is 20.5. The summed E-state index contributed by atoms with van der Waals surface area (Å²) in [5.74, 6) is -2.16. The Morgan fingerprint density at radius 3 is 1.89 bits per heavy atom. The molecule has 0 saturated carbocycles. The second-order valence-electron chi connectivity index (χ2n) is 9.32. The molecule has 2 aromatic rings. The van der Waals surface area contributed by atoms with Crippen LogP contribution in [-0.2, 0) is 40.1 Å². The first-order valence-corrected chi connectivity index (χ1v) is 12.2. The van der Waals surface area contributed by atoms with E-state index in [1.807, 2.05) is 0 Å². The van der Waals surface area contributed by atoms with Crippen LogP contribution in [0.3, 0.4) is 0 Å². The van der Waals surface area contributed by atoms with E-state index >= 15 is 0 Å². The Kier molecular flexibility index (Phi) is 6.59. The average Bonchev–Trinajstić information content (AvgIpc) is 2.95.